The molecule has 3 rings (SSSR count). The van der Waals surface area contributed by atoms with Gasteiger partial charge in [0.05, 0.1) is 5.75 Å². The lowest BCUT2D eigenvalue weighted by Crippen LogP contribution is -2.33. The van der Waals surface area contributed by atoms with Crippen molar-refractivity contribution < 1.29 is 13.2 Å². The van der Waals surface area contributed by atoms with E-state index in [0.29, 0.717) is 26.1 Å². The van der Waals surface area contributed by atoms with Crippen molar-refractivity contribution in [3.05, 3.63) is 35.9 Å². The van der Waals surface area contributed by atoms with Crippen LogP contribution in [0.2, 0.25) is 0 Å². The van der Waals surface area contributed by atoms with E-state index in [2.05, 4.69) is 12.1 Å². The van der Waals surface area contributed by atoms with Gasteiger partial charge in [0.1, 0.15) is 9.84 Å². The molecule has 5 nitrogen and oxygen atoms in total. The fourth-order valence-electron chi connectivity index (χ4n) is 3.93. The second kappa shape index (κ2) is 6.48. The molecule has 1 heterocycles. The van der Waals surface area contributed by atoms with Crippen molar-refractivity contribution in [1.82, 2.24) is 4.90 Å². The van der Waals surface area contributed by atoms with Gasteiger partial charge in [-0.25, -0.2) is 8.42 Å². The molecule has 1 aromatic rings. The molecule has 2 N–H and O–H groups in total. The van der Waals surface area contributed by atoms with E-state index < -0.39 is 9.84 Å². The van der Waals surface area contributed by atoms with Crippen LogP contribution in [0.4, 0.5) is 0 Å². The lowest BCUT2D eigenvalue weighted by Gasteiger charge is -2.20. The number of rotatable bonds is 6. The molecule has 1 saturated heterocycles. The average Bonchev–Trinajstić information content (AvgIpc) is 3.12. The Morgan fingerprint density at radius 3 is 2.46 bits per heavy atom. The van der Waals surface area contributed by atoms with Crippen LogP contribution in [0.15, 0.2) is 30.3 Å². The first-order valence-electron chi connectivity index (χ1n) is 8.52. The number of amides is 1. The fourth-order valence-corrected chi connectivity index (χ4v) is 5.43. The largest absolute Gasteiger partial charge is 0.342 e. The Balaban J connectivity index is 1.66. The van der Waals surface area contributed by atoms with Crippen molar-refractivity contribution in [2.45, 2.75) is 25.2 Å². The Morgan fingerprint density at radius 1 is 1.25 bits per heavy atom. The number of carbonyl (C=O) groups excluding carboxylic acids is 1. The molecule has 132 valence electrons. The van der Waals surface area contributed by atoms with Crippen molar-refractivity contribution >= 4 is 15.7 Å². The van der Waals surface area contributed by atoms with Gasteiger partial charge < -0.3 is 10.6 Å². The lowest BCUT2D eigenvalue weighted by atomic mass is 9.89. The van der Waals surface area contributed by atoms with Gasteiger partial charge in [-0.1, -0.05) is 30.3 Å². The summed E-state index contributed by atoms with van der Waals surface area (Å²) in [6, 6.07) is 10.2. The van der Waals surface area contributed by atoms with Crippen LogP contribution >= 0.6 is 0 Å². The zero-order valence-corrected chi connectivity index (χ0v) is 15.0. The first-order chi connectivity index (χ1) is 11.3. The third-order valence-corrected chi connectivity index (χ3v) is 6.51. The van der Waals surface area contributed by atoms with Crippen molar-refractivity contribution in [2.75, 3.05) is 31.6 Å². The first kappa shape index (κ1) is 17.4. The summed E-state index contributed by atoms with van der Waals surface area (Å²) < 4.78 is 23.2. The SMILES string of the molecule is CS(=O)(=O)CC1(CC(=O)N2C[C@@H](CN)[C@H](c3ccccc3)C2)CC1. The van der Waals surface area contributed by atoms with Crippen LogP contribution in [0.25, 0.3) is 0 Å². The molecule has 1 aromatic carbocycles. The highest BCUT2D eigenvalue weighted by atomic mass is 32.2. The molecule has 1 aliphatic carbocycles. The Morgan fingerprint density at radius 2 is 1.92 bits per heavy atom. The zero-order valence-electron chi connectivity index (χ0n) is 14.1. The summed E-state index contributed by atoms with van der Waals surface area (Å²) in [4.78, 5) is 14.6. The smallest absolute Gasteiger partial charge is 0.223 e. The van der Waals surface area contributed by atoms with Gasteiger partial charge >= 0.3 is 0 Å². The number of nitrogens with zero attached hydrogens (tertiary/aromatic N) is 1. The van der Waals surface area contributed by atoms with Crippen molar-refractivity contribution in [3.63, 3.8) is 0 Å². The second-order valence-corrected chi connectivity index (χ2v) is 9.70. The second-order valence-electron chi connectivity index (χ2n) is 7.56. The lowest BCUT2D eigenvalue weighted by molar-refractivity contribution is -0.131. The molecular formula is C18H26N2O3S. The van der Waals surface area contributed by atoms with E-state index in [4.69, 9.17) is 5.73 Å². The maximum Gasteiger partial charge on any atom is 0.223 e. The first-order valence-corrected chi connectivity index (χ1v) is 10.6. The molecule has 0 spiro atoms. The van der Waals surface area contributed by atoms with Gasteiger partial charge in [0.2, 0.25) is 5.91 Å². The van der Waals surface area contributed by atoms with Gasteiger partial charge in [-0.05, 0) is 36.3 Å². The molecule has 6 heteroatoms. The Labute approximate surface area is 144 Å². The van der Waals surface area contributed by atoms with E-state index in [9.17, 15) is 13.2 Å². The molecule has 0 unspecified atom stereocenters. The summed E-state index contributed by atoms with van der Waals surface area (Å²) in [6.07, 6.45) is 3.27. The van der Waals surface area contributed by atoms with Crippen LogP contribution in [-0.4, -0.2) is 50.9 Å². The molecule has 1 saturated carbocycles. The molecule has 0 aromatic heterocycles. The van der Waals surface area contributed by atoms with Crippen LogP contribution < -0.4 is 5.73 Å². The van der Waals surface area contributed by atoms with Crippen molar-refractivity contribution in [3.8, 4) is 0 Å². The Kier molecular flexibility index (Phi) is 4.71. The van der Waals surface area contributed by atoms with Gasteiger partial charge in [-0.3, -0.25) is 4.79 Å². The van der Waals surface area contributed by atoms with E-state index in [1.54, 1.807) is 0 Å². The highest BCUT2D eigenvalue weighted by Gasteiger charge is 2.48. The highest BCUT2D eigenvalue weighted by molar-refractivity contribution is 7.90. The van der Waals surface area contributed by atoms with Gasteiger partial charge in [0, 0.05) is 31.7 Å². The third-order valence-electron chi connectivity index (χ3n) is 5.38. The van der Waals surface area contributed by atoms with Crippen LogP contribution in [0.1, 0.15) is 30.7 Å². The molecule has 1 aliphatic heterocycles. The quantitative estimate of drug-likeness (QED) is 0.841. The highest BCUT2D eigenvalue weighted by Crippen LogP contribution is 2.50. The van der Waals surface area contributed by atoms with Crippen molar-refractivity contribution in [1.29, 1.82) is 0 Å². The zero-order chi connectivity index (χ0) is 17.4. The average molecular weight is 350 g/mol. The molecule has 0 radical (unpaired) electrons. The summed E-state index contributed by atoms with van der Waals surface area (Å²) in [7, 11) is -3.05. The molecule has 24 heavy (non-hydrogen) atoms. The fraction of sp³-hybridized carbons (Fsp3) is 0.611. The van der Waals surface area contributed by atoms with Gasteiger partial charge in [0.15, 0.2) is 0 Å². The maximum absolute atomic E-state index is 12.7. The van der Waals surface area contributed by atoms with E-state index in [1.807, 2.05) is 23.1 Å². The standard InChI is InChI=1S/C18H26N2O3S/c1-24(22,23)13-18(7-8-18)9-17(21)20-11-15(10-19)16(12-20)14-5-3-2-4-6-14/h2-6,15-16H,7-13,19H2,1H3/t15-,16+/m1/s1. The van der Waals surface area contributed by atoms with E-state index >= 15 is 0 Å². The number of sulfone groups is 1. The van der Waals surface area contributed by atoms with Gasteiger partial charge in [-0.2, -0.15) is 0 Å². The molecular weight excluding hydrogens is 324 g/mol. The van der Waals surface area contributed by atoms with Crippen LogP contribution in [-0.2, 0) is 14.6 Å². The number of hydrogen-bond donors (Lipinski definition) is 1. The molecule has 2 atom stereocenters. The normalized spacial score (nSPS) is 25.7. The van der Waals surface area contributed by atoms with Crippen LogP contribution in [0, 0.1) is 11.3 Å². The van der Waals surface area contributed by atoms with E-state index in [0.717, 1.165) is 12.8 Å². The number of nitrogens with two attached hydrogens (primary N) is 1. The molecule has 1 amide bonds. The predicted octanol–water partition coefficient (Wildman–Crippen LogP) is 1.40. The summed E-state index contributed by atoms with van der Waals surface area (Å²) in [5.74, 6) is 0.738. The Hall–Kier alpha value is -1.40. The number of benzene rings is 1. The van der Waals surface area contributed by atoms with E-state index in [-0.39, 0.29) is 28.9 Å². The topological polar surface area (TPSA) is 80.5 Å². The number of carbonyl (C=O) groups is 1. The minimum atomic E-state index is -3.05. The Bertz CT molecular complexity index is 698. The molecule has 0 bridgehead atoms. The van der Waals surface area contributed by atoms with Gasteiger partial charge in [-0.15, -0.1) is 0 Å². The summed E-state index contributed by atoms with van der Waals surface area (Å²) in [6.45, 7) is 1.90. The van der Waals surface area contributed by atoms with E-state index in [1.165, 1.54) is 11.8 Å². The van der Waals surface area contributed by atoms with Crippen molar-refractivity contribution in [2.24, 2.45) is 17.1 Å². The minimum absolute atomic E-state index is 0.0769. The number of hydrogen-bond acceptors (Lipinski definition) is 4. The summed E-state index contributed by atoms with van der Waals surface area (Å²) in [5.41, 5.74) is 6.84. The van der Waals surface area contributed by atoms with Crippen LogP contribution in [0.5, 0.6) is 0 Å². The van der Waals surface area contributed by atoms with Gasteiger partial charge in [0.25, 0.3) is 0 Å². The maximum atomic E-state index is 12.7. The third kappa shape index (κ3) is 3.98. The molecule has 2 aliphatic rings. The summed E-state index contributed by atoms with van der Waals surface area (Å²) in [5, 5.41) is 0. The number of likely N-dealkylation sites (tertiary alicyclic amines) is 1. The predicted molar refractivity (Wildman–Crippen MR) is 94.3 cm³/mol. The molecule has 2 fully saturated rings. The van der Waals surface area contributed by atoms with Crippen LogP contribution in [0.3, 0.4) is 0 Å². The summed E-state index contributed by atoms with van der Waals surface area (Å²) >= 11 is 0. The monoisotopic (exact) mass is 350 g/mol. The minimum Gasteiger partial charge on any atom is -0.342 e.